The Bertz CT molecular complexity index is 648. The van der Waals surface area contributed by atoms with Crippen LogP contribution in [0.2, 0.25) is 0 Å². The van der Waals surface area contributed by atoms with Crippen LogP contribution in [0, 0.1) is 6.92 Å². The third-order valence-electron chi connectivity index (χ3n) is 2.71. The van der Waals surface area contributed by atoms with Crippen LogP contribution < -0.4 is 5.73 Å². The summed E-state index contributed by atoms with van der Waals surface area (Å²) < 4.78 is 23.7. The molecule has 3 nitrogen and oxygen atoms in total. The van der Waals surface area contributed by atoms with Crippen LogP contribution in [-0.2, 0) is 9.84 Å². The lowest BCUT2D eigenvalue weighted by molar-refractivity contribution is 0.596. The van der Waals surface area contributed by atoms with Crippen LogP contribution in [0.1, 0.15) is 5.56 Å². The van der Waals surface area contributed by atoms with Gasteiger partial charge in [0, 0.05) is 6.54 Å². The molecule has 90 valence electrons. The summed E-state index contributed by atoms with van der Waals surface area (Å²) in [4.78, 5) is 0.347. The number of aryl methyl sites for hydroxylation is 1. The third-order valence-corrected chi connectivity index (χ3v) is 4.46. The molecule has 2 aromatic carbocycles. The average Bonchev–Trinajstić information content (AvgIpc) is 2.28. The van der Waals surface area contributed by atoms with E-state index >= 15 is 0 Å². The molecule has 0 aliphatic rings. The standard InChI is InChI=1S/C13H15NO2S/c1-10-2-3-12-9-13(5-4-11(12)8-10)17(15,16)7-6-14/h2-5,8-9H,6-7,14H2,1H3. The minimum Gasteiger partial charge on any atom is -0.329 e. The van der Waals surface area contributed by atoms with E-state index in [1.54, 1.807) is 12.1 Å². The second kappa shape index (κ2) is 4.47. The molecule has 0 saturated heterocycles. The summed E-state index contributed by atoms with van der Waals surface area (Å²) in [5.74, 6) is -0.00956. The summed E-state index contributed by atoms with van der Waals surface area (Å²) in [6, 6.07) is 11.1. The van der Waals surface area contributed by atoms with Crippen molar-refractivity contribution in [3.63, 3.8) is 0 Å². The number of rotatable bonds is 3. The van der Waals surface area contributed by atoms with Crippen LogP contribution in [0.25, 0.3) is 10.8 Å². The fourth-order valence-corrected chi connectivity index (χ4v) is 2.94. The molecule has 0 heterocycles. The van der Waals surface area contributed by atoms with Crippen molar-refractivity contribution >= 4 is 20.6 Å². The number of hydrogen-bond acceptors (Lipinski definition) is 3. The van der Waals surface area contributed by atoms with Crippen molar-refractivity contribution in [1.29, 1.82) is 0 Å². The van der Waals surface area contributed by atoms with Crippen molar-refractivity contribution in [3.8, 4) is 0 Å². The highest BCUT2D eigenvalue weighted by molar-refractivity contribution is 7.91. The molecule has 0 atom stereocenters. The van der Waals surface area contributed by atoms with Gasteiger partial charge in [0.2, 0.25) is 0 Å². The Labute approximate surface area is 101 Å². The van der Waals surface area contributed by atoms with Gasteiger partial charge < -0.3 is 5.73 Å². The monoisotopic (exact) mass is 249 g/mol. The van der Waals surface area contributed by atoms with E-state index in [4.69, 9.17) is 5.73 Å². The Hall–Kier alpha value is -1.39. The van der Waals surface area contributed by atoms with E-state index in [0.29, 0.717) is 4.90 Å². The van der Waals surface area contributed by atoms with Gasteiger partial charge in [-0.2, -0.15) is 0 Å². The lowest BCUT2D eigenvalue weighted by Gasteiger charge is -2.05. The van der Waals surface area contributed by atoms with Crippen molar-refractivity contribution in [1.82, 2.24) is 0 Å². The van der Waals surface area contributed by atoms with Crippen molar-refractivity contribution in [2.75, 3.05) is 12.3 Å². The van der Waals surface area contributed by atoms with E-state index in [-0.39, 0.29) is 12.3 Å². The molecule has 0 aliphatic carbocycles. The molecule has 0 radical (unpaired) electrons. The molecule has 0 amide bonds. The topological polar surface area (TPSA) is 60.2 Å². The van der Waals surface area contributed by atoms with Gasteiger partial charge in [-0.05, 0) is 29.8 Å². The maximum Gasteiger partial charge on any atom is 0.179 e. The minimum absolute atomic E-state index is 0.00956. The molecular formula is C13H15NO2S. The minimum atomic E-state index is -3.24. The summed E-state index contributed by atoms with van der Waals surface area (Å²) in [7, 11) is -3.24. The van der Waals surface area contributed by atoms with Gasteiger partial charge in [-0.15, -0.1) is 0 Å². The van der Waals surface area contributed by atoms with Gasteiger partial charge in [-0.25, -0.2) is 8.42 Å². The predicted molar refractivity (Wildman–Crippen MR) is 69.8 cm³/mol. The van der Waals surface area contributed by atoms with Crippen LogP contribution in [-0.4, -0.2) is 20.7 Å². The second-order valence-electron chi connectivity index (χ2n) is 4.12. The zero-order chi connectivity index (χ0) is 12.5. The second-order valence-corrected chi connectivity index (χ2v) is 6.23. The SMILES string of the molecule is Cc1ccc2cc(S(=O)(=O)CCN)ccc2c1. The lowest BCUT2D eigenvalue weighted by Crippen LogP contribution is -2.15. The maximum absolute atomic E-state index is 11.9. The van der Waals surface area contributed by atoms with Gasteiger partial charge >= 0.3 is 0 Å². The molecule has 2 N–H and O–H groups in total. The summed E-state index contributed by atoms with van der Waals surface area (Å²) in [6.45, 7) is 2.16. The zero-order valence-corrected chi connectivity index (χ0v) is 10.5. The maximum atomic E-state index is 11.9. The molecule has 0 spiro atoms. The van der Waals surface area contributed by atoms with Gasteiger partial charge in [-0.1, -0.05) is 29.8 Å². The van der Waals surface area contributed by atoms with Gasteiger partial charge in [0.05, 0.1) is 10.6 Å². The highest BCUT2D eigenvalue weighted by atomic mass is 32.2. The Kier molecular flexibility index (Phi) is 3.17. The Morgan fingerprint density at radius 3 is 2.41 bits per heavy atom. The first kappa shape index (κ1) is 12.1. The molecule has 17 heavy (non-hydrogen) atoms. The number of sulfone groups is 1. The van der Waals surface area contributed by atoms with E-state index in [1.807, 2.05) is 31.2 Å². The smallest absolute Gasteiger partial charge is 0.179 e. The molecule has 2 rings (SSSR count). The summed E-state index contributed by atoms with van der Waals surface area (Å²) >= 11 is 0. The molecule has 4 heteroatoms. The Balaban J connectivity index is 2.56. The quantitative estimate of drug-likeness (QED) is 0.903. The van der Waals surface area contributed by atoms with Crippen LogP contribution in [0.15, 0.2) is 41.3 Å². The fourth-order valence-electron chi connectivity index (χ4n) is 1.81. The van der Waals surface area contributed by atoms with E-state index in [1.165, 1.54) is 0 Å². The summed E-state index contributed by atoms with van der Waals surface area (Å²) in [5.41, 5.74) is 6.47. The van der Waals surface area contributed by atoms with Crippen molar-refractivity contribution in [3.05, 3.63) is 42.0 Å². The summed E-state index contributed by atoms with van der Waals surface area (Å²) in [6.07, 6.45) is 0. The first-order valence-corrected chi connectivity index (χ1v) is 7.11. The van der Waals surface area contributed by atoms with Crippen LogP contribution in [0.5, 0.6) is 0 Å². The van der Waals surface area contributed by atoms with Crippen molar-refractivity contribution < 1.29 is 8.42 Å². The van der Waals surface area contributed by atoms with Crippen molar-refractivity contribution in [2.24, 2.45) is 5.73 Å². The highest BCUT2D eigenvalue weighted by Gasteiger charge is 2.13. The zero-order valence-electron chi connectivity index (χ0n) is 9.68. The molecular weight excluding hydrogens is 234 g/mol. The Morgan fingerprint density at radius 2 is 1.71 bits per heavy atom. The normalized spacial score (nSPS) is 11.9. The largest absolute Gasteiger partial charge is 0.329 e. The lowest BCUT2D eigenvalue weighted by atomic mass is 10.1. The van der Waals surface area contributed by atoms with Gasteiger partial charge in [0.25, 0.3) is 0 Å². The van der Waals surface area contributed by atoms with Gasteiger partial charge in [-0.3, -0.25) is 0 Å². The number of hydrogen-bond donors (Lipinski definition) is 1. The Morgan fingerprint density at radius 1 is 1.06 bits per heavy atom. The molecule has 0 aliphatic heterocycles. The first-order chi connectivity index (χ1) is 8.03. The van der Waals surface area contributed by atoms with E-state index < -0.39 is 9.84 Å². The number of fused-ring (bicyclic) bond motifs is 1. The number of nitrogens with two attached hydrogens (primary N) is 1. The van der Waals surface area contributed by atoms with E-state index in [9.17, 15) is 8.42 Å². The van der Waals surface area contributed by atoms with Crippen LogP contribution in [0.4, 0.5) is 0 Å². The van der Waals surface area contributed by atoms with Crippen LogP contribution in [0.3, 0.4) is 0 Å². The average molecular weight is 249 g/mol. The van der Waals surface area contributed by atoms with Crippen molar-refractivity contribution in [2.45, 2.75) is 11.8 Å². The van der Waals surface area contributed by atoms with Gasteiger partial charge in [0.15, 0.2) is 9.84 Å². The van der Waals surface area contributed by atoms with E-state index in [0.717, 1.165) is 16.3 Å². The predicted octanol–water partition coefficient (Wildman–Crippen LogP) is 1.88. The molecule has 0 fully saturated rings. The fraction of sp³-hybridized carbons (Fsp3) is 0.231. The molecule has 0 saturated carbocycles. The third kappa shape index (κ3) is 2.48. The highest BCUT2D eigenvalue weighted by Crippen LogP contribution is 2.20. The van der Waals surface area contributed by atoms with E-state index in [2.05, 4.69) is 0 Å². The molecule has 0 unspecified atom stereocenters. The molecule has 0 bridgehead atoms. The summed E-state index contributed by atoms with van der Waals surface area (Å²) in [5, 5.41) is 1.99. The number of benzene rings is 2. The molecule has 0 aromatic heterocycles. The molecule has 2 aromatic rings. The van der Waals surface area contributed by atoms with Gasteiger partial charge in [0.1, 0.15) is 0 Å². The first-order valence-electron chi connectivity index (χ1n) is 5.46. The van der Waals surface area contributed by atoms with Crippen LogP contribution >= 0.6 is 0 Å².